The number of benzene rings is 13. The van der Waals surface area contributed by atoms with Crippen molar-refractivity contribution in [2.75, 3.05) is 9.80 Å². The summed E-state index contributed by atoms with van der Waals surface area (Å²) in [6, 6.07) is 114. The van der Waals surface area contributed by atoms with Gasteiger partial charge in [0.1, 0.15) is 22.9 Å². The molecule has 17 rings (SSSR count). The molecule has 0 fully saturated rings. The summed E-state index contributed by atoms with van der Waals surface area (Å²) in [7, 11) is 0. The molecule has 4 aromatic heterocycles. The quantitative estimate of drug-likeness (QED) is 0.109. The maximum Gasteiger partial charge on any atom is 0.135 e. The molecule has 0 saturated heterocycles. The molecule has 6 heteroatoms. The number of aromatic nitrogens is 2. The van der Waals surface area contributed by atoms with Gasteiger partial charge in [-0.15, -0.1) is 0 Å². The van der Waals surface area contributed by atoms with Gasteiger partial charge in [-0.3, -0.25) is 0 Å². The highest BCUT2D eigenvalue weighted by molar-refractivity contribution is 6.30. The number of furan rings is 2. The molecule has 0 saturated carbocycles. The van der Waals surface area contributed by atoms with Crippen LogP contribution in [0.2, 0.25) is 0 Å². The lowest BCUT2D eigenvalue weighted by Gasteiger charge is -2.26. The summed E-state index contributed by atoms with van der Waals surface area (Å²) in [6.45, 7) is 6.06. The minimum Gasteiger partial charge on any atom is -0.456 e. The molecule has 0 unspecified atom stereocenters. The summed E-state index contributed by atoms with van der Waals surface area (Å²) in [6.07, 6.45) is 5.82. The molecule has 0 atom stereocenters. The van der Waals surface area contributed by atoms with Crippen LogP contribution in [0.3, 0.4) is 0 Å². The molecule has 13 aromatic carbocycles. The third-order valence-electron chi connectivity index (χ3n) is 18.2. The van der Waals surface area contributed by atoms with Crippen LogP contribution in [0, 0.1) is 0 Å². The number of hydrogen-bond donors (Lipinski definition) is 0. The van der Waals surface area contributed by atoms with Crippen molar-refractivity contribution in [1.29, 1.82) is 0 Å². The number of para-hydroxylation sites is 3. The Hall–Kier alpha value is -12.4. The van der Waals surface area contributed by atoms with Gasteiger partial charge in [0.2, 0.25) is 0 Å². The van der Waals surface area contributed by atoms with E-state index in [0.29, 0.717) is 0 Å². The number of allylic oxidation sites excluding steroid dienone is 1. The van der Waals surface area contributed by atoms with E-state index in [2.05, 4.69) is 329 Å². The number of anilines is 6. The molecule has 0 aliphatic heterocycles. The monoisotopic (exact) mass is 1190 g/mol. The smallest absolute Gasteiger partial charge is 0.135 e. The van der Waals surface area contributed by atoms with Crippen LogP contribution in [0.1, 0.15) is 18.2 Å². The third-order valence-corrected chi connectivity index (χ3v) is 18.2. The Labute approximate surface area is 538 Å². The van der Waals surface area contributed by atoms with Gasteiger partial charge in [0.15, 0.2) is 0 Å². The molecule has 6 nitrogen and oxygen atoms in total. The van der Waals surface area contributed by atoms with Crippen LogP contribution in [0.25, 0.3) is 134 Å². The van der Waals surface area contributed by atoms with Gasteiger partial charge in [-0.2, -0.15) is 0 Å². The van der Waals surface area contributed by atoms with Crippen LogP contribution in [-0.2, 0) is 0 Å². The first kappa shape index (κ1) is 54.7. The van der Waals surface area contributed by atoms with Gasteiger partial charge in [0, 0.05) is 89.1 Å². The van der Waals surface area contributed by atoms with Crippen LogP contribution in [0.15, 0.2) is 337 Å². The van der Waals surface area contributed by atoms with E-state index in [-0.39, 0.29) is 0 Å². The SMILES string of the molecule is C=Cc1cc(-c2ccc(N(c3cccc(-c4ccccc4)c3)c3ccc4c5c6ccc7c(c6ccc5n(-c5ccccc5)c4c3)c3ccc(N(c4ccc(-c5cc6ccccc6o5)cc4)c4cccc(-c5ccccc5)c4)cc3n7-c3ccccc3)cc2)oc1/C=C\C. The van der Waals surface area contributed by atoms with E-state index in [1.807, 2.05) is 37.3 Å². The molecule has 93 heavy (non-hydrogen) atoms. The second kappa shape index (κ2) is 22.9. The van der Waals surface area contributed by atoms with E-state index in [1.54, 1.807) is 0 Å². The van der Waals surface area contributed by atoms with E-state index < -0.39 is 0 Å². The van der Waals surface area contributed by atoms with Crippen LogP contribution >= 0.6 is 0 Å². The van der Waals surface area contributed by atoms with Crippen molar-refractivity contribution in [3.05, 3.63) is 339 Å². The van der Waals surface area contributed by atoms with Crippen LogP contribution < -0.4 is 9.80 Å². The molecule has 17 aromatic rings. The number of rotatable bonds is 14. The molecule has 0 aliphatic carbocycles. The van der Waals surface area contributed by atoms with E-state index >= 15 is 0 Å². The maximum absolute atomic E-state index is 6.39. The predicted molar refractivity (Wildman–Crippen MR) is 391 cm³/mol. The molecule has 0 radical (unpaired) electrons. The summed E-state index contributed by atoms with van der Waals surface area (Å²) >= 11 is 0. The molecule has 0 N–H and O–H groups in total. The molecule has 0 amide bonds. The predicted octanol–water partition coefficient (Wildman–Crippen LogP) is 24.7. The average molecular weight is 1190 g/mol. The average Bonchev–Trinajstić information content (AvgIpc) is 1.56. The van der Waals surface area contributed by atoms with Crippen molar-refractivity contribution < 1.29 is 8.83 Å². The van der Waals surface area contributed by atoms with Crippen molar-refractivity contribution in [3.63, 3.8) is 0 Å². The Morgan fingerprint density at radius 3 is 1.22 bits per heavy atom. The molecule has 4 heterocycles. The first-order valence-electron chi connectivity index (χ1n) is 31.6. The minimum absolute atomic E-state index is 0.792. The fraction of sp³-hybridized carbons (Fsp3) is 0.0115. The fourth-order valence-corrected chi connectivity index (χ4v) is 13.9. The van der Waals surface area contributed by atoms with Crippen LogP contribution in [0.5, 0.6) is 0 Å². The van der Waals surface area contributed by atoms with Crippen molar-refractivity contribution >= 4 is 112 Å². The zero-order valence-electron chi connectivity index (χ0n) is 51.1. The van der Waals surface area contributed by atoms with Gasteiger partial charge in [-0.25, -0.2) is 0 Å². The summed E-state index contributed by atoms with van der Waals surface area (Å²) in [5, 5.41) is 8.19. The number of nitrogens with zero attached hydrogens (tertiary/aromatic N) is 4. The van der Waals surface area contributed by atoms with Crippen LogP contribution in [-0.4, -0.2) is 9.13 Å². The standard InChI is InChI=1S/C87H60N4O2/c1-3-21-82-58(4-2)54-84(92-82)61-36-40-68(41-37-61)88(70-33-19-27-63(52-70)59-22-9-5-10-23-59)72-44-46-76-80(56-72)90(66-29-13-7-14-30-66)78-50-48-75-74(86(76)78)49-51-79-87(75)77-47-45-73(57-81(77)91(79)67-31-15-8-16-32-67)89(71-34-20-28-64(53-71)60-24-11-6-12-25-60)69-42-38-62(39-43-69)85-55-65-26-17-18-35-83(65)93-85/h3-57H,2H2,1H3/b21-3-. The second-order valence-corrected chi connectivity index (χ2v) is 23.6. The lowest BCUT2D eigenvalue weighted by atomic mass is 9.99. The second-order valence-electron chi connectivity index (χ2n) is 23.6. The highest BCUT2D eigenvalue weighted by Gasteiger charge is 2.24. The first-order valence-corrected chi connectivity index (χ1v) is 31.6. The van der Waals surface area contributed by atoms with Crippen LogP contribution in [0.4, 0.5) is 34.1 Å². The molecular weight excluding hydrogens is 1130 g/mol. The number of fused-ring (bicyclic) bond motifs is 10. The van der Waals surface area contributed by atoms with Gasteiger partial charge < -0.3 is 27.8 Å². The van der Waals surface area contributed by atoms with Gasteiger partial charge in [0.25, 0.3) is 0 Å². The van der Waals surface area contributed by atoms with E-state index in [4.69, 9.17) is 8.83 Å². The molecule has 0 spiro atoms. The molecule has 0 bridgehead atoms. The lowest BCUT2D eigenvalue weighted by molar-refractivity contribution is 0.571. The van der Waals surface area contributed by atoms with Gasteiger partial charge in [-0.05, 0) is 198 Å². The summed E-state index contributed by atoms with van der Waals surface area (Å²) in [5.41, 5.74) is 21.3. The van der Waals surface area contributed by atoms with Crippen molar-refractivity contribution in [3.8, 4) is 56.3 Å². The maximum atomic E-state index is 6.39. The topological polar surface area (TPSA) is 42.6 Å². The Kier molecular flexibility index (Phi) is 13.5. The van der Waals surface area contributed by atoms with Crippen molar-refractivity contribution in [2.24, 2.45) is 0 Å². The Morgan fingerprint density at radius 1 is 0.323 bits per heavy atom. The Morgan fingerprint density at radius 2 is 0.742 bits per heavy atom. The number of hydrogen-bond acceptors (Lipinski definition) is 4. The zero-order chi connectivity index (χ0) is 61.9. The van der Waals surface area contributed by atoms with Gasteiger partial charge in [-0.1, -0.05) is 183 Å². The highest BCUT2D eigenvalue weighted by atomic mass is 16.3. The Bertz CT molecular complexity index is 5670. The third kappa shape index (κ3) is 9.59. The van der Waals surface area contributed by atoms with Crippen molar-refractivity contribution in [2.45, 2.75) is 6.92 Å². The zero-order valence-corrected chi connectivity index (χ0v) is 51.1. The first-order chi connectivity index (χ1) is 46.0. The highest BCUT2D eigenvalue weighted by Crippen LogP contribution is 2.48. The van der Waals surface area contributed by atoms with Gasteiger partial charge >= 0.3 is 0 Å². The largest absolute Gasteiger partial charge is 0.456 e. The van der Waals surface area contributed by atoms with E-state index in [0.717, 1.165) is 140 Å². The molecular formula is C87H60N4O2. The molecule has 0 aliphatic rings. The van der Waals surface area contributed by atoms with E-state index in [1.165, 1.54) is 26.9 Å². The normalized spacial score (nSPS) is 11.7. The summed E-state index contributed by atoms with van der Waals surface area (Å²) in [4.78, 5) is 4.75. The summed E-state index contributed by atoms with van der Waals surface area (Å²) in [5.74, 6) is 2.43. The fourth-order valence-electron chi connectivity index (χ4n) is 13.9. The lowest BCUT2D eigenvalue weighted by Crippen LogP contribution is -2.10. The van der Waals surface area contributed by atoms with E-state index in [9.17, 15) is 0 Å². The Balaban J connectivity index is 0.850. The minimum atomic E-state index is 0.792. The van der Waals surface area contributed by atoms with Gasteiger partial charge in [0.05, 0.1) is 22.1 Å². The van der Waals surface area contributed by atoms with Crippen molar-refractivity contribution in [1.82, 2.24) is 9.13 Å². The molecule has 440 valence electrons. The summed E-state index contributed by atoms with van der Waals surface area (Å²) < 4.78 is 17.7.